The minimum Gasteiger partial charge on any atom is -0.480 e. The Morgan fingerprint density at radius 2 is 1.76 bits per heavy atom. The fourth-order valence-electron chi connectivity index (χ4n) is 0.748. The number of carboxylic acids is 1. The third-order valence-corrected chi connectivity index (χ3v) is 2.91. The van der Waals surface area contributed by atoms with E-state index in [1.807, 2.05) is 0 Å². The average Bonchev–Trinajstić information content (AvgIpc) is 2.07. The molecule has 0 unspecified atom stereocenters. The molecule has 0 aromatic carbocycles. The number of carbonyl (C=O) groups is 2. The number of carbonyl (C=O) groups excluding carboxylic acids is 1. The second kappa shape index (κ2) is 5.61. The van der Waals surface area contributed by atoms with Gasteiger partial charge < -0.3 is 10.4 Å². The number of nitrogens with one attached hydrogen (secondary N) is 1. The fourth-order valence-corrected chi connectivity index (χ4v) is 1.64. The quantitative estimate of drug-likeness (QED) is 0.817. The number of alkyl halides is 3. The summed E-state index contributed by atoms with van der Waals surface area (Å²) < 4.78 is 35.5. The summed E-state index contributed by atoms with van der Waals surface area (Å²) in [4.78, 5) is 21.3. The second-order valence-electron chi connectivity index (χ2n) is 4.29. The smallest absolute Gasteiger partial charge is 0.471 e. The predicted octanol–water partition coefficient (Wildman–Crippen LogP) is 1.65. The molecule has 0 bridgehead atoms. The first-order valence-electron chi connectivity index (χ1n) is 4.68. The molecule has 0 heterocycles. The van der Waals surface area contributed by atoms with E-state index in [-0.39, 0.29) is 10.5 Å². The largest absolute Gasteiger partial charge is 0.480 e. The van der Waals surface area contributed by atoms with E-state index < -0.39 is 24.1 Å². The van der Waals surface area contributed by atoms with Crippen LogP contribution in [-0.2, 0) is 9.59 Å². The maximum atomic E-state index is 11.9. The lowest BCUT2D eigenvalue weighted by atomic mass is 10.3. The molecule has 0 aromatic rings. The van der Waals surface area contributed by atoms with Crippen molar-refractivity contribution in [3.05, 3.63) is 0 Å². The molecule has 0 spiro atoms. The van der Waals surface area contributed by atoms with Gasteiger partial charge in [-0.1, -0.05) is 20.8 Å². The number of hydrogen-bond donors (Lipinski definition) is 2. The lowest BCUT2D eigenvalue weighted by Crippen LogP contribution is -2.48. The number of rotatable bonds is 4. The van der Waals surface area contributed by atoms with Gasteiger partial charge in [0.15, 0.2) is 0 Å². The molecule has 4 nitrogen and oxygen atoms in total. The van der Waals surface area contributed by atoms with Crippen molar-refractivity contribution >= 4 is 23.6 Å². The summed E-state index contributed by atoms with van der Waals surface area (Å²) in [6, 6.07) is -1.55. The normalized spacial score (nSPS) is 14.2. The zero-order valence-corrected chi connectivity index (χ0v) is 10.4. The molecule has 1 amide bonds. The van der Waals surface area contributed by atoms with Gasteiger partial charge in [0.1, 0.15) is 6.04 Å². The van der Waals surface area contributed by atoms with Crippen molar-refractivity contribution in [3.8, 4) is 0 Å². The van der Waals surface area contributed by atoms with E-state index in [1.54, 1.807) is 20.8 Å². The Kier molecular flexibility index (Phi) is 5.31. The zero-order valence-electron chi connectivity index (χ0n) is 9.59. The van der Waals surface area contributed by atoms with Crippen LogP contribution in [0.2, 0.25) is 0 Å². The summed E-state index contributed by atoms with van der Waals surface area (Å²) in [7, 11) is 0. The molecular formula is C9H14F3NO3S. The lowest BCUT2D eigenvalue weighted by Gasteiger charge is -2.21. The van der Waals surface area contributed by atoms with Crippen LogP contribution in [0, 0.1) is 0 Å². The SMILES string of the molecule is CC(C)(C)SC[C@H](NC(=O)C(F)(F)F)C(=O)O. The van der Waals surface area contributed by atoms with Gasteiger partial charge in [-0.3, -0.25) is 4.79 Å². The molecule has 17 heavy (non-hydrogen) atoms. The lowest BCUT2D eigenvalue weighted by molar-refractivity contribution is -0.175. The van der Waals surface area contributed by atoms with Crippen LogP contribution in [0.15, 0.2) is 0 Å². The first kappa shape index (κ1) is 16.1. The number of amides is 1. The van der Waals surface area contributed by atoms with Crippen LogP contribution in [0.1, 0.15) is 20.8 Å². The van der Waals surface area contributed by atoms with Gasteiger partial charge in [-0.15, -0.1) is 0 Å². The van der Waals surface area contributed by atoms with Crippen molar-refractivity contribution in [1.29, 1.82) is 0 Å². The monoisotopic (exact) mass is 273 g/mol. The van der Waals surface area contributed by atoms with Crippen molar-refractivity contribution in [2.45, 2.75) is 37.7 Å². The Bertz CT molecular complexity index is 299. The third-order valence-electron chi connectivity index (χ3n) is 1.54. The molecule has 0 radical (unpaired) electrons. The predicted molar refractivity (Wildman–Crippen MR) is 57.8 cm³/mol. The van der Waals surface area contributed by atoms with E-state index >= 15 is 0 Å². The van der Waals surface area contributed by atoms with E-state index in [0.717, 1.165) is 11.8 Å². The molecule has 0 aliphatic rings. The van der Waals surface area contributed by atoms with Crippen LogP contribution in [-0.4, -0.2) is 39.7 Å². The highest BCUT2D eigenvalue weighted by Gasteiger charge is 2.40. The number of halogens is 3. The molecule has 8 heteroatoms. The standard InChI is InChI=1S/C9H14F3NO3S/c1-8(2,3)17-4-5(6(14)15)13-7(16)9(10,11)12/h5H,4H2,1-3H3,(H,13,16)(H,14,15)/t5-/m0/s1. The van der Waals surface area contributed by atoms with E-state index in [9.17, 15) is 22.8 Å². The molecule has 0 aromatic heterocycles. The summed E-state index contributed by atoms with van der Waals surface area (Å²) in [5.41, 5.74) is 0. The number of thioether (sulfide) groups is 1. The maximum Gasteiger partial charge on any atom is 0.471 e. The minimum atomic E-state index is -5.07. The molecule has 100 valence electrons. The Morgan fingerprint density at radius 3 is 2.06 bits per heavy atom. The van der Waals surface area contributed by atoms with Crippen LogP contribution in [0.4, 0.5) is 13.2 Å². The Hall–Kier alpha value is -0.920. The van der Waals surface area contributed by atoms with Gasteiger partial charge in [-0.25, -0.2) is 4.79 Å². The Balaban J connectivity index is 4.47. The van der Waals surface area contributed by atoms with Crippen molar-refractivity contribution in [2.75, 3.05) is 5.75 Å². The molecule has 0 aliphatic heterocycles. The molecular weight excluding hydrogens is 259 g/mol. The maximum absolute atomic E-state index is 11.9. The molecule has 0 fully saturated rings. The summed E-state index contributed by atoms with van der Waals surface area (Å²) in [5.74, 6) is -3.85. The van der Waals surface area contributed by atoms with Crippen LogP contribution < -0.4 is 5.32 Å². The van der Waals surface area contributed by atoms with Gasteiger partial charge in [0.05, 0.1) is 0 Å². The molecule has 0 rings (SSSR count). The molecule has 1 atom stereocenters. The molecule has 0 saturated carbocycles. The zero-order chi connectivity index (χ0) is 13.9. The Morgan fingerprint density at radius 1 is 1.29 bits per heavy atom. The second-order valence-corrected chi connectivity index (χ2v) is 6.13. The molecule has 0 aliphatic carbocycles. The van der Waals surface area contributed by atoms with Crippen molar-refractivity contribution in [1.82, 2.24) is 5.32 Å². The summed E-state index contributed by atoms with van der Waals surface area (Å²) in [6.07, 6.45) is -5.07. The highest BCUT2D eigenvalue weighted by atomic mass is 32.2. The van der Waals surface area contributed by atoms with Crippen molar-refractivity contribution < 1.29 is 27.9 Å². The first-order chi connectivity index (χ1) is 7.43. The summed E-state index contributed by atoms with van der Waals surface area (Å²) >= 11 is 1.16. The minimum absolute atomic E-state index is 0.124. The van der Waals surface area contributed by atoms with Crippen molar-refractivity contribution in [2.24, 2.45) is 0 Å². The average molecular weight is 273 g/mol. The molecule has 2 N–H and O–H groups in total. The van der Waals surface area contributed by atoms with Gasteiger partial charge in [-0.2, -0.15) is 24.9 Å². The van der Waals surface area contributed by atoms with Gasteiger partial charge in [0.25, 0.3) is 0 Å². The van der Waals surface area contributed by atoms with Crippen LogP contribution >= 0.6 is 11.8 Å². The van der Waals surface area contributed by atoms with E-state index in [0.29, 0.717) is 0 Å². The van der Waals surface area contributed by atoms with E-state index in [4.69, 9.17) is 5.11 Å². The van der Waals surface area contributed by atoms with Crippen LogP contribution in [0.3, 0.4) is 0 Å². The summed E-state index contributed by atoms with van der Waals surface area (Å²) in [6.45, 7) is 5.38. The van der Waals surface area contributed by atoms with Gasteiger partial charge in [0.2, 0.25) is 0 Å². The first-order valence-corrected chi connectivity index (χ1v) is 5.66. The van der Waals surface area contributed by atoms with Crippen LogP contribution in [0.5, 0.6) is 0 Å². The number of aliphatic carboxylic acids is 1. The van der Waals surface area contributed by atoms with Gasteiger partial charge in [-0.05, 0) is 0 Å². The Labute approximate surface area is 101 Å². The fraction of sp³-hybridized carbons (Fsp3) is 0.778. The van der Waals surface area contributed by atoms with E-state index in [2.05, 4.69) is 0 Å². The number of hydrogen-bond acceptors (Lipinski definition) is 3. The highest BCUT2D eigenvalue weighted by Crippen LogP contribution is 2.24. The summed E-state index contributed by atoms with van der Waals surface area (Å²) in [5, 5.41) is 10.1. The third kappa shape index (κ3) is 7.09. The molecule has 0 saturated heterocycles. The van der Waals surface area contributed by atoms with E-state index in [1.165, 1.54) is 5.32 Å². The van der Waals surface area contributed by atoms with Crippen LogP contribution in [0.25, 0.3) is 0 Å². The number of carboxylic acid groups (broad SMARTS) is 1. The van der Waals surface area contributed by atoms with Gasteiger partial charge in [0, 0.05) is 10.5 Å². The highest BCUT2D eigenvalue weighted by molar-refractivity contribution is 8.00. The van der Waals surface area contributed by atoms with Gasteiger partial charge >= 0.3 is 18.1 Å². The van der Waals surface area contributed by atoms with Crippen molar-refractivity contribution in [3.63, 3.8) is 0 Å². The topological polar surface area (TPSA) is 66.4 Å².